The van der Waals surface area contributed by atoms with Gasteiger partial charge in [-0.2, -0.15) is 0 Å². The molecule has 0 aromatic heterocycles. The number of likely N-dealkylation sites (tertiary alicyclic amines) is 1. The van der Waals surface area contributed by atoms with Gasteiger partial charge in [0.1, 0.15) is 17.7 Å². The Morgan fingerprint density at radius 1 is 1.23 bits per heavy atom. The van der Waals surface area contributed by atoms with E-state index < -0.39 is 29.5 Å². The predicted molar refractivity (Wildman–Crippen MR) is 75.2 cm³/mol. The van der Waals surface area contributed by atoms with Gasteiger partial charge < -0.3 is 19.3 Å². The maximum Gasteiger partial charge on any atom is 0.411 e. The van der Waals surface area contributed by atoms with Gasteiger partial charge in [0.25, 0.3) is 0 Å². The maximum absolute atomic E-state index is 12.5. The molecule has 0 unspecified atom stereocenters. The summed E-state index contributed by atoms with van der Waals surface area (Å²) in [6.45, 7) is 8.89. The minimum Gasteiger partial charge on any atom is -0.480 e. The zero-order valence-corrected chi connectivity index (χ0v) is 13.5. The highest BCUT2D eigenvalue weighted by Gasteiger charge is 2.66. The molecule has 0 aromatic carbocycles. The molecule has 22 heavy (non-hydrogen) atoms. The number of aliphatic carboxylic acids is 1. The smallest absolute Gasteiger partial charge is 0.411 e. The van der Waals surface area contributed by atoms with Gasteiger partial charge in [0.2, 0.25) is 0 Å². The van der Waals surface area contributed by atoms with E-state index in [9.17, 15) is 14.7 Å². The van der Waals surface area contributed by atoms with E-state index in [1.165, 1.54) is 4.90 Å². The SMILES string of the molecule is CC(C)(C)OC(=O)N1[C@@H]2C[C@H]([C@H]3OC(C)(C)O[C@@H]32)[C@H]1C(=O)O. The molecule has 3 aliphatic rings. The molecule has 3 fully saturated rings. The summed E-state index contributed by atoms with van der Waals surface area (Å²) in [5, 5.41) is 9.56. The summed E-state index contributed by atoms with van der Waals surface area (Å²) in [6, 6.07) is -1.23. The van der Waals surface area contributed by atoms with Crippen LogP contribution in [-0.4, -0.2) is 57.7 Å². The van der Waals surface area contributed by atoms with E-state index in [-0.39, 0.29) is 24.2 Å². The first-order valence-corrected chi connectivity index (χ1v) is 7.60. The average Bonchev–Trinajstić information content (AvgIpc) is 2.91. The van der Waals surface area contributed by atoms with E-state index in [0.717, 1.165) is 0 Å². The summed E-state index contributed by atoms with van der Waals surface area (Å²) in [7, 11) is 0. The summed E-state index contributed by atoms with van der Waals surface area (Å²) in [5.74, 6) is -2.04. The molecule has 7 nitrogen and oxygen atoms in total. The summed E-state index contributed by atoms with van der Waals surface area (Å²) in [5.41, 5.74) is -0.673. The molecule has 0 radical (unpaired) electrons. The van der Waals surface area contributed by atoms with Crippen molar-refractivity contribution in [1.82, 2.24) is 4.90 Å². The third-order valence-corrected chi connectivity index (χ3v) is 4.40. The lowest BCUT2D eigenvalue weighted by Gasteiger charge is -2.38. The van der Waals surface area contributed by atoms with Crippen LogP contribution in [0, 0.1) is 5.92 Å². The molecule has 2 bridgehead atoms. The third kappa shape index (κ3) is 2.36. The molecule has 2 aliphatic heterocycles. The summed E-state index contributed by atoms with van der Waals surface area (Å²) in [4.78, 5) is 25.5. The van der Waals surface area contributed by atoms with Crippen molar-refractivity contribution in [3.8, 4) is 0 Å². The molecule has 2 saturated heterocycles. The number of carboxylic acid groups (broad SMARTS) is 1. The van der Waals surface area contributed by atoms with Crippen LogP contribution < -0.4 is 0 Å². The number of nitrogens with zero attached hydrogens (tertiary/aromatic N) is 1. The first-order valence-electron chi connectivity index (χ1n) is 7.60. The number of amides is 1. The van der Waals surface area contributed by atoms with Crippen LogP contribution in [0.5, 0.6) is 0 Å². The number of carbonyl (C=O) groups is 2. The zero-order valence-electron chi connectivity index (χ0n) is 13.5. The molecule has 0 aromatic rings. The van der Waals surface area contributed by atoms with Crippen LogP contribution in [0.2, 0.25) is 0 Å². The number of hydrogen-bond donors (Lipinski definition) is 1. The van der Waals surface area contributed by atoms with E-state index in [1.54, 1.807) is 34.6 Å². The van der Waals surface area contributed by atoms with Gasteiger partial charge in [-0.1, -0.05) is 0 Å². The van der Waals surface area contributed by atoms with E-state index in [1.807, 2.05) is 0 Å². The number of fused-ring (bicyclic) bond motifs is 5. The van der Waals surface area contributed by atoms with Crippen molar-refractivity contribution < 1.29 is 28.9 Å². The average molecular weight is 313 g/mol. The minimum absolute atomic E-state index is 0.262. The van der Waals surface area contributed by atoms with Crippen molar-refractivity contribution >= 4 is 12.1 Å². The van der Waals surface area contributed by atoms with Crippen molar-refractivity contribution in [2.24, 2.45) is 5.92 Å². The van der Waals surface area contributed by atoms with Crippen LogP contribution >= 0.6 is 0 Å². The monoisotopic (exact) mass is 313 g/mol. The van der Waals surface area contributed by atoms with Gasteiger partial charge in [0.05, 0.1) is 12.1 Å². The third-order valence-electron chi connectivity index (χ3n) is 4.40. The highest BCUT2D eigenvalue weighted by molar-refractivity contribution is 5.82. The Bertz CT molecular complexity index is 511. The van der Waals surface area contributed by atoms with Crippen LogP contribution in [0.1, 0.15) is 41.0 Å². The van der Waals surface area contributed by atoms with Gasteiger partial charge >= 0.3 is 12.1 Å². The predicted octanol–water partition coefficient (Wildman–Crippen LogP) is 1.60. The standard InChI is InChI=1S/C15H23NO6/c1-14(2,3)22-13(19)16-8-6-7(9(16)12(17)18)10-11(8)21-15(4,5)20-10/h7-11H,6H2,1-5H3,(H,17,18)/t7-,8+,9-,10+,11+/m0/s1. The molecule has 0 spiro atoms. The fourth-order valence-corrected chi connectivity index (χ4v) is 3.85. The molecule has 1 N–H and O–H groups in total. The van der Waals surface area contributed by atoms with Gasteiger partial charge in [-0.3, -0.25) is 4.90 Å². The van der Waals surface area contributed by atoms with E-state index in [4.69, 9.17) is 14.2 Å². The molecule has 3 rings (SSSR count). The Kier molecular flexibility index (Phi) is 3.24. The topological polar surface area (TPSA) is 85.3 Å². The Morgan fingerprint density at radius 2 is 1.82 bits per heavy atom. The van der Waals surface area contributed by atoms with Gasteiger partial charge in [0, 0.05) is 5.92 Å². The van der Waals surface area contributed by atoms with Crippen LogP contribution in [0.4, 0.5) is 4.79 Å². The molecular weight excluding hydrogens is 290 g/mol. The normalized spacial score (nSPS) is 39.0. The molecule has 124 valence electrons. The lowest BCUT2D eigenvalue weighted by molar-refractivity contribution is -0.157. The molecular formula is C15H23NO6. The zero-order chi connectivity index (χ0) is 16.4. The molecule has 7 heteroatoms. The molecule has 2 heterocycles. The summed E-state index contributed by atoms with van der Waals surface area (Å²) in [6.07, 6.45) is -0.594. The lowest BCUT2D eigenvalue weighted by Crippen LogP contribution is -2.58. The van der Waals surface area contributed by atoms with Crippen molar-refractivity contribution in [1.29, 1.82) is 0 Å². The number of carbonyl (C=O) groups excluding carboxylic acids is 1. The van der Waals surface area contributed by atoms with Crippen molar-refractivity contribution in [3.63, 3.8) is 0 Å². The van der Waals surface area contributed by atoms with Crippen molar-refractivity contribution in [2.75, 3.05) is 0 Å². The molecule has 5 atom stereocenters. The summed E-state index contributed by atoms with van der Waals surface area (Å²) >= 11 is 0. The van der Waals surface area contributed by atoms with Crippen molar-refractivity contribution in [2.45, 2.75) is 76.7 Å². The maximum atomic E-state index is 12.5. The van der Waals surface area contributed by atoms with Gasteiger partial charge in [0.15, 0.2) is 5.79 Å². The lowest BCUT2D eigenvalue weighted by atomic mass is 9.95. The number of carboxylic acids is 1. The fraction of sp³-hybridized carbons (Fsp3) is 0.867. The molecule has 1 aliphatic carbocycles. The van der Waals surface area contributed by atoms with Crippen LogP contribution in [-0.2, 0) is 19.0 Å². The van der Waals surface area contributed by atoms with Crippen LogP contribution in [0.3, 0.4) is 0 Å². The van der Waals surface area contributed by atoms with E-state index in [2.05, 4.69) is 0 Å². The van der Waals surface area contributed by atoms with Crippen molar-refractivity contribution in [3.05, 3.63) is 0 Å². The number of hydrogen-bond acceptors (Lipinski definition) is 5. The Morgan fingerprint density at radius 3 is 2.36 bits per heavy atom. The highest BCUT2D eigenvalue weighted by atomic mass is 16.8. The second-order valence-electron chi connectivity index (χ2n) is 7.70. The first-order chi connectivity index (χ1) is 10.0. The summed E-state index contributed by atoms with van der Waals surface area (Å²) < 4.78 is 17.1. The highest BCUT2D eigenvalue weighted by Crippen LogP contribution is 2.51. The molecule has 1 amide bonds. The Balaban J connectivity index is 1.87. The molecule has 1 saturated carbocycles. The minimum atomic E-state index is -1.02. The first kappa shape index (κ1) is 15.6. The van der Waals surface area contributed by atoms with Crippen LogP contribution in [0.25, 0.3) is 0 Å². The number of rotatable bonds is 1. The van der Waals surface area contributed by atoms with Gasteiger partial charge in [-0.15, -0.1) is 0 Å². The van der Waals surface area contributed by atoms with E-state index >= 15 is 0 Å². The fourth-order valence-electron chi connectivity index (χ4n) is 3.85. The Hall–Kier alpha value is -1.34. The van der Waals surface area contributed by atoms with Gasteiger partial charge in [-0.05, 0) is 41.0 Å². The van der Waals surface area contributed by atoms with Gasteiger partial charge in [-0.25, -0.2) is 9.59 Å². The second-order valence-corrected chi connectivity index (χ2v) is 7.70. The quantitative estimate of drug-likeness (QED) is 0.791. The number of ether oxygens (including phenoxy) is 3. The number of piperidine rings is 1. The largest absolute Gasteiger partial charge is 0.480 e. The second kappa shape index (κ2) is 4.58. The van der Waals surface area contributed by atoms with Crippen LogP contribution in [0.15, 0.2) is 0 Å². The Labute approximate surface area is 129 Å². The van der Waals surface area contributed by atoms with E-state index in [0.29, 0.717) is 6.42 Å².